The molecule has 0 aliphatic rings. The molecule has 0 radical (unpaired) electrons. The van der Waals surface area contributed by atoms with Crippen molar-refractivity contribution in [1.29, 1.82) is 0 Å². The summed E-state index contributed by atoms with van der Waals surface area (Å²) in [5, 5.41) is 5.17. The fourth-order valence-corrected chi connectivity index (χ4v) is 1.91. The minimum Gasteiger partial charge on any atom is -0.493 e. The zero-order chi connectivity index (χ0) is 14.4. The van der Waals surface area contributed by atoms with Crippen molar-refractivity contribution in [2.75, 3.05) is 12.0 Å². The highest BCUT2D eigenvalue weighted by molar-refractivity contribution is 6.42. The quantitative estimate of drug-likeness (QED) is 0.633. The van der Waals surface area contributed by atoms with Gasteiger partial charge in [0, 0.05) is 5.56 Å². The van der Waals surface area contributed by atoms with Crippen LogP contribution in [0.2, 0.25) is 10.0 Å². The van der Waals surface area contributed by atoms with Crippen molar-refractivity contribution < 1.29 is 4.74 Å². The number of para-hydroxylation sites is 1. The molecule has 2 aromatic rings. The van der Waals surface area contributed by atoms with E-state index in [1.807, 2.05) is 31.2 Å². The summed E-state index contributed by atoms with van der Waals surface area (Å²) in [5.41, 5.74) is 4.57. The van der Waals surface area contributed by atoms with Gasteiger partial charge in [-0.25, -0.2) is 0 Å². The van der Waals surface area contributed by atoms with E-state index in [4.69, 9.17) is 27.9 Å². The van der Waals surface area contributed by atoms with Gasteiger partial charge in [0.15, 0.2) is 0 Å². The molecule has 104 valence electrons. The van der Waals surface area contributed by atoms with Crippen molar-refractivity contribution in [3.8, 4) is 5.75 Å². The summed E-state index contributed by atoms with van der Waals surface area (Å²) in [6, 6.07) is 12.9. The lowest BCUT2D eigenvalue weighted by molar-refractivity contribution is 0.340. The average molecular weight is 309 g/mol. The van der Waals surface area contributed by atoms with E-state index in [1.54, 1.807) is 24.4 Å². The molecule has 0 fully saturated rings. The summed E-state index contributed by atoms with van der Waals surface area (Å²) < 4.78 is 5.52. The largest absolute Gasteiger partial charge is 0.493 e. The number of nitrogens with one attached hydrogen (secondary N) is 1. The maximum Gasteiger partial charge on any atom is 0.128 e. The van der Waals surface area contributed by atoms with Crippen molar-refractivity contribution in [2.24, 2.45) is 5.10 Å². The third kappa shape index (κ3) is 3.89. The fraction of sp³-hybridized carbons (Fsp3) is 0.133. The first-order valence-corrected chi connectivity index (χ1v) is 6.92. The molecule has 0 bridgehead atoms. The van der Waals surface area contributed by atoms with Crippen molar-refractivity contribution >= 4 is 35.1 Å². The van der Waals surface area contributed by atoms with Gasteiger partial charge in [0.1, 0.15) is 5.75 Å². The lowest BCUT2D eigenvalue weighted by Crippen LogP contribution is -1.97. The molecule has 0 heterocycles. The lowest BCUT2D eigenvalue weighted by Gasteiger charge is -2.06. The molecule has 0 saturated carbocycles. The molecule has 3 nitrogen and oxygen atoms in total. The number of hydrazone groups is 1. The molecule has 2 aromatic carbocycles. The highest BCUT2D eigenvalue weighted by atomic mass is 35.5. The first kappa shape index (κ1) is 14.7. The second-order valence-electron chi connectivity index (χ2n) is 3.97. The number of ether oxygens (including phenoxy) is 1. The molecular weight excluding hydrogens is 295 g/mol. The molecular formula is C15H14Cl2N2O. The Bertz CT molecular complexity index is 615. The SMILES string of the molecule is CCOc1ccccc1C=NNc1ccc(Cl)c(Cl)c1. The van der Waals surface area contributed by atoms with Crippen LogP contribution >= 0.6 is 23.2 Å². The Morgan fingerprint density at radius 3 is 2.70 bits per heavy atom. The molecule has 0 aromatic heterocycles. The van der Waals surface area contributed by atoms with Gasteiger partial charge in [0.2, 0.25) is 0 Å². The van der Waals surface area contributed by atoms with Crippen molar-refractivity contribution in [3.05, 3.63) is 58.1 Å². The van der Waals surface area contributed by atoms with E-state index in [9.17, 15) is 0 Å². The Balaban J connectivity index is 2.08. The summed E-state index contributed by atoms with van der Waals surface area (Å²) in [6.45, 7) is 2.56. The van der Waals surface area contributed by atoms with Crippen LogP contribution in [0.5, 0.6) is 5.75 Å². The number of nitrogens with zero attached hydrogens (tertiary/aromatic N) is 1. The molecule has 5 heteroatoms. The maximum atomic E-state index is 5.93. The van der Waals surface area contributed by atoms with Crippen LogP contribution < -0.4 is 10.2 Å². The Morgan fingerprint density at radius 2 is 1.95 bits per heavy atom. The van der Waals surface area contributed by atoms with Crippen LogP contribution in [0.15, 0.2) is 47.6 Å². The minimum atomic E-state index is 0.488. The Hall–Kier alpha value is -1.71. The zero-order valence-electron chi connectivity index (χ0n) is 10.9. The van der Waals surface area contributed by atoms with Gasteiger partial charge in [-0.05, 0) is 37.3 Å². The Morgan fingerprint density at radius 1 is 1.15 bits per heavy atom. The van der Waals surface area contributed by atoms with Crippen LogP contribution in [-0.4, -0.2) is 12.8 Å². The van der Waals surface area contributed by atoms with E-state index in [2.05, 4.69) is 10.5 Å². The summed E-state index contributed by atoms with van der Waals surface area (Å²) in [7, 11) is 0. The molecule has 0 spiro atoms. The Kier molecular flexibility index (Phi) is 5.27. The van der Waals surface area contributed by atoms with E-state index >= 15 is 0 Å². The summed E-state index contributed by atoms with van der Waals surface area (Å²) >= 11 is 11.8. The zero-order valence-corrected chi connectivity index (χ0v) is 12.4. The van der Waals surface area contributed by atoms with Crippen LogP contribution in [0.25, 0.3) is 0 Å². The van der Waals surface area contributed by atoms with Crippen molar-refractivity contribution in [3.63, 3.8) is 0 Å². The van der Waals surface area contributed by atoms with E-state index in [0.29, 0.717) is 16.7 Å². The van der Waals surface area contributed by atoms with Crippen LogP contribution in [0.4, 0.5) is 5.69 Å². The third-order valence-corrected chi connectivity index (χ3v) is 3.27. The summed E-state index contributed by atoms with van der Waals surface area (Å²) in [5.74, 6) is 0.801. The summed E-state index contributed by atoms with van der Waals surface area (Å²) in [4.78, 5) is 0. The number of halogens is 2. The van der Waals surface area contributed by atoms with E-state index in [-0.39, 0.29) is 0 Å². The van der Waals surface area contributed by atoms with Gasteiger partial charge in [0.25, 0.3) is 0 Å². The molecule has 0 unspecified atom stereocenters. The third-order valence-electron chi connectivity index (χ3n) is 2.54. The molecule has 0 saturated heterocycles. The van der Waals surface area contributed by atoms with E-state index in [0.717, 1.165) is 17.0 Å². The van der Waals surface area contributed by atoms with Crippen molar-refractivity contribution in [1.82, 2.24) is 0 Å². The van der Waals surface area contributed by atoms with Crippen LogP contribution in [0.3, 0.4) is 0 Å². The number of anilines is 1. The van der Waals surface area contributed by atoms with Crippen molar-refractivity contribution in [2.45, 2.75) is 6.92 Å². The van der Waals surface area contributed by atoms with E-state index < -0.39 is 0 Å². The highest BCUT2D eigenvalue weighted by Gasteiger charge is 2.00. The first-order valence-electron chi connectivity index (χ1n) is 6.16. The maximum absolute atomic E-state index is 5.93. The second-order valence-corrected chi connectivity index (χ2v) is 4.78. The molecule has 0 aliphatic carbocycles. The second kappa shape index (κ2) is 7.17. The standard InChI is InChI=1S/C15H14Cl2N2O/c1-2-20-15-6-4-3-5-11(15)10-18-19-12-7-8-13(16)14(17)9-12/h3-10,19H,2H2,1H3. The van der Waals surface area contributed by atoms with Gasteiger partial charge >= 0.3 is 0 Å². The minimum absolute atomic E-state index is 0.488. The van der Waals surface area contributed by atoms with Crippen LogP contribution in [0, 0.1) is 0 Å². The summed E-state index contributed by atoms with van der Waals surface area (Å²) in [6.07, 6.45) is 1.70. The number of hydrogen-bond donors (Lipinski definition) is 1. The van der Waals surface area contributed by atoms with Gasteiger partial charge in [-0.1, -0.05) is 35.3 Å². The fourth-order valence-electron chi connectivity index (χ4n) is 1.62. The average Bonchev–Trinajstić information content (AvgIpc) is 2.45. The number of rotatable bonds is 5. The molecule has 20 heavy (non-hydrogen) atoms. The smallest absolute Gasteiger partial charge is 0.128 e. The van der Waals surface area contributed by atoms with Gasteiger partial charge in [-0.3, -0.25) is 5.43 Å². The number of benzene rings is 2. The van der Waals surface area contributed by atoms with E-state index in [1.165, 1.54) is 0 Å². The molecule has 0 atom stereocenters. The predicted octanol–water partition coefficient (Wildman–Crippen LogP) is 4.84. The normalized spacial score (nSPS) is 10.8. The molecule has 0 amide bonds. The highest BCUT2D eigenvalue weighted by Crippen LogP contribution is 2.25. The Labute approximate surface area is 128 Å². The molecule has 0 aliphatic heterocycles. The van der Waals surface area contributed by atoms with Gasteiger partial charge in [-0.15, -0.1) is 0 Å². The van der Waals surface area contributed by atoms with Gasteiger partial charge in [0.05, 0.1) is 28.6 Å². The van der Waals surface area contributed by atoms with Crippen LogP contribution in [-0.2, 0) is 0 Å². The molecule has 1 N–H and O–H groups in total. The van der Waals surface area contributed by atoms with Gasteiger partial charge < -0.3 is 4.74 Å². The number of hydrogen-bond acceptors (Lipinski definition) is 3. The molecule has 2 rings (SSSR count). The first-order chi connectivity index (χ1) is 9.70. The monoisotopic (exact) mass is 308 g/mol. The topological polar surface area (TPSA) is 33.6 Å². The van der Waals surface area contributed by atoms with Gasteiger partial charge in [-0.2, -0.15) is 5.10 Å². The lowest BCUT2D eigenvalue weighted by atomic mass is 10.2. The predicted molar refractivity (Wildman–Crippen MR) is 85.3 cm³/mol. The van der Waals surface area contributed by atoms with Crippen LogP contribution in [0.1, 0.15) is 12.5 Å².